The van der Waals surface area contributed by atoms with Crippen molar-refractivity contribution in [1.82, 2.24) is 5.32 Å². The first kappa shape index (κ1) is 53.4. The maximum atomic E-state index is 11.9. The van der Waals surface area contributed by atoms with Gasteiger partial charge in [-0.05, 0) is 88.0 Å². The van der Waals surface area contributed by atoms with E-state index in [2.05, 4.69) is 5.32 Å². The molecule has 0 aromatic rings. The third-order valence-corrected chi connectivity index (χ3v) is 11.9. The molecule has 0 aliphatic carbocycles. The molecule has 0 saturated carbocycles. The van der Waals surface area contributed by atoms with Crippen LogP contribution in [0.25, 0.3) is 0 Å². The molecule has 1 amide bonds. The van der Waals surface area contributed by atoms with Gasteiger partial charge in [-0.25, -0.2) is 8.42 Å². The van der Waals surface area contributed by atoms with Gasteiger partial charge < -0.3 is 37.4 Å². The Morgan fingerprint density at radius 2 is 1.29 bits per heavy atom. The molecule has 0 aromatic carbocycles. The summed E-state index contributed by atoms with van der Waals surface area (Å²) >= 11 is 0. The minimum absolute atomic E-state index is 0. The molecule has 286 valence electrons. The Balaban J connectivity index is -0.000000667. The van der Waals surface area contributed by atoms with Crippen LogP contribution in [0.15, 0.2) is 0 Å². The zero-order valence-corrected chi connectivity index (χ0v) is 37.9. The van der Waals surface area contributed by atoms with Crippen LogP contribution in [0.1, 0.15) is 116 Å². The molecule has 0 radical (unpaired) electrons. The number of hydrogen-bond donors (Lipinski definition) is 1. The van der Waals surface area contributed by atoms with Crippen molar-refractivity contribution in [2.45, 2.75) is 133 Å². The quantitative estimate of drug-likeness (QED) is 0.0593. The molecule has 13 nitrogen and oxygen atoms in total. The first-order chi connectivity index (χ1) is 22.0. The Hall–Kier alpha value is 0.0132. The summed E-state index contributed by atoms with van der Waals surface area (Å²) in [6.07, 6.45) is 3.10. The second-order valence-electron chi connectivity index (χ2n) is 13.6. The third kappa shape index (κ3) is 25.6. The van der Waals surface area contributed by atoms with E-state index in [1.165, 1.54) is 13.8 Å². The SMILES string of the molecule is CCC(C)(C)C(=O)OCC1CO1.CCC(C)C(=O)NC(C)(C)CS(=O)(=O)[O-].CCO[Si](CCCOC(=O)C(C)(C)CC)(OCC)OCC.[K+]. The molecule has 1 saturated heterocycles. The van der Waals surface area contributed by atoms with Crippen molar-refractivity contribution >= 4 is 36.8 Å². The Bertz CT molecular complexity index is 1040. The summed E-state index contributed by atoms with van der Waals surface area (Å²) < 4.78 is 64.3. The number of carbonyl (C=O) groups is 3. The van der Waals surface area contributed by atoms with E-state index in [4.69, 9.17) is 27.5 Å². The van der Waals surface area contributed by atoms with Gasteiger partial charge >= 0.3 is 72.1 Å². The zero-order chi connectivity index (χ0) is 37.8. The molecule has 49 heavy (non-hydrogen) atoms. The second-order valence-corrected chi connectivity index (χ2v) is 17.8. The molecule has 1 heterocycles. The molecule has 2 unspecified atom stereocenters. The van der Waals surface area contributed by atoms with E-state index in [1.807, 2.05) is 69.2 Å². The van der Waals surface area contributed by atoms with Gasteiger partial charge in [0.2, 0.25) is 5.91 Å². The van der Waals surface area contributed by atoms with Crippen LogP contribution in [-0.4, -0.2) is 96.7 Å². The average Bonchev–Trinajstić information content (AvgIpc) is 3.81. The van der Waals surface area contributed by atoms with Crippen molar-refractivity contribution in [2.24, 2.45) is 16.7 Å². The second kappa shape index (κ2) is 25.9. The normalized spacial score (nSPS) is 15.3. The number of nitrogens with one attached hydrogen (secondary N) is 1. The van der Waals surface area contributed by atoms with Crippen molar-refractivity contribution in [1.29, 1.82) is 0 Å². The fourth-order valence-electron chi connectivity index (χ4n) is 3.59. The van der Waals surface area contributed by atoms with Gasteiger partial charge in [-0.15, -0.1) is 0 Å². The number of esters is 2. The Morgan fingerprint density at radius 3 is 1.63 bits per heavy atom. The van der Waals surface area contributed by atoms with Gasteiger partial charge in [0, 0.05) is 37.3 Å². The summed E-state index contributed by atoms with van der Waals surface area (Å²) in [5.74, 6) is -1.28. The number of rotatable bonds is 21. The van der Waals surface area contributed by atoms with Gasteiger partial charge in [-0.2, -0.15) is 0 Å². The molecule has 2 atom stereocenters. The van der Waals surface area contributed by atoms with E-state index in [0.29, 0.717) is 51.9 Å². The minimum atomic E-state index is -4.32. The van der Waals surface area contributed by atoms with E-state index in [1.54, 1.807) is 6.92 Å². The Labute approximate surface area is 340 Å². The first-order valence-electron chi connectivity index (χ1n) is 17.1. The van der Waals surface area contributed by atoms with Crippen molar-refractivity contribution in [2.75, 3.05) is 45.4 Å². The molecular formula is C33H66KNO12SSi. The molecule has 1 N–H and O–H groups in total. The molecule has 0 bridgehead atoms. The van der Waals surface area contributed by atoms with E-state index in [-0.39, 0.29) is 86.7 Å². The largest absolute Gasteiger partial charge is 1.00 e. The predicted octanol–water partition coefficient (Wildman–Crippen LogP) is 2.25. The van der Waals surface area contributed by atoms with Crippen molar-refractivity contribution < 1.29 is 106 Å². The van der Waals surface area contributed by atoms with Crippen molar-refractivity contribution in [3.8, 4) is 0 Å². The number of ether oxygens (including phenoxy) is 3. The molecule has 1 fully saturated rings. The molecular weight excluding hydrogens is 702 g/mol. The van der Waals surface area contributed by atoms with Crippen molar-refractivity contribution in [3.05, 3.63) is 0 Å². The summed E-state index contributed by atoms with van der Waals surface area (Å²) in [6, 6.07) is 0.669. The maximum Gasteiger partial charge on any atom is 1.00 e. The number of hydrogen-bond acceptors (Lipinski definition) is 12. The van der Waals surface area contributed by atoms with E-state index in [9.17, 15) is 27.4 Å². The van der Waals surface area contributed by atoms with Gasteiger partial charge in [0.15, 0.2) is 0 Å². The standard InChI is InChI=1S/C15H32O5Si.C9H19NO4S.C9H16O3.K/c1-7-15(5,6)14(16)17-12-11-13-21(18-8-2,19-9-3)20-10-4;1-5-7(2)8(11)10-9(3,4)6-15(12,13)14;1-4-9(2,3)8(10)12-6-7-5-11-7;/h7-13H2,1-6H3;7H,5-6H2,1-4H3,(H,10,11)(H,12,13,14);7H,4-6H2,1-3H3;/q;;;+1/p-1. The van der Waals surface area contributed by atoms with E-state index in [0.717, 1.165) is 19.4 Å². The minimum Gasteiger partial charge on any atom is -0.748 e. The molecule has 0 aromatic heterocycles. The molecule has 1 rings (SSSR count). The van der Waals surface area contributed by atoms with Crippen LogP contribution in [0.4, 0.5) is 0 Å². The smallest absolute Gasteiger partial charge is 0.748 e. The maximum absolute atomic E-state index is 11.9. The third-order valence-electron chi connectivity index (χ3n) is 7.69. The topological polar surface area (TPSA) is 179 Å². The zero-order valence-electron chi connectivity index (χ0n) is 32.9. The molecule has 1 aliphatic heterocycles. The Kier molecular flexibility index (Phi) is 28.2. The van der Waals surface area contributed by atoms with Gasteiger partial charge in [0.05, 0.1) is 39.9 Å². The van der Waals surface area contributed by atoms with Crippen LogP contribution < -0.4 is 56.7 Å². The summed E-state index contributed by atoms with van der Waals surface area (Å²) in [5.41, 5.74) is -1.79. The molecule has 16 heteroatoms. The van der Waals surface area contributed by atoms with Crippen LogP contribution in [0.3, 0.4) is 0 Å². The van der Waals surface area contributed by atoms with Crippen LogP contribution >= 0.6 is 0 Å². The number of epoxide rings is 1. The van der Waals surface area contributed by atoms with Crippen LogP contribution in [0.2, 0.25) is 6.04 Å². The average molecular weight is 768 g/mol. The van der Waals surface area contributed by atoms with Crippen LogP contribution in [0.5, 0.6) is 0 Å². The van der Waals surface area contributed by atoms with Crippen LogP contribution in [-0.2, 0) is 52.0 Å². The van der Waals surface area contributed by atoms with Gasteiger partial charge in [-0.3, -0.25) is 14.4 Å². The van der Waals surface area contributed by atoms with Gasteiger partial charge in [-0.1, -0.05) is 27.7 Å². The monoisotopic (exact) mass is 767 g/mol. The predicted molar refractivity (Wildman–Crippen MR) is 186 cm³/mol. The summed E-state index contributed by atoms with van der Waals surface area (Å²) in [4.78, 5) is 34.7. The van der Waals surface area contributed by atoms with Crippen molar-refractivity contribution in [3.63, 3.8) is 0 Å². The number of carbonyl (C=O) groups excluding carboxylic acids is 3. The summed E-state index contributed by atoms with van der Waals surface area (Å²) in [6.45, 7) is 27.2. The number of amides is 1. The van der Waals surface area contributed by atoms with Gasteiger partial charge in [0.1, 0.15) is 12.7 Å². The van der Waals surface area contributed by atoms with E-state index < -0.39 is 35.6 Å². The Morgan fingerprint density at radius 1 is 0.857 bits per heavy atom. The van der Waals surface area contributed by atoms with E-state index >= 15 is 0 Å². The fourth-order valence-corrected chi connectivity index (χ4v) is 7.12. The summed E-state index contributed by atoms with van der Waals surface area (Å²) in [7, 11) is -6.94. The van der Waals surface area contributed by atoms with Gasteiger partial charge in [0.25, 0.3) is 0 Å². The molecule has 1 aliphatic rings. The molecule has 0 spiro atoms. The van der Waals surface area contributed by atoms with Crippen LogP contribution in [0, 0.1) is 16.7 Å². The first-order valence-corrected chi connectivity index (χ1v) is 20.6. The fraction of sp³-hybridized carbons (Fsp3) is 0.909. The summed E-state index contributed by atoms with van der Waals surface area (Å²) in [5, 5.41) is 2.55.